The van der Waals surface area contributed by atoms with Crippen molar-refractivity contribution in [3.05, 3.63) is 53.3 Å². The van der Waals surface area contributed by atoms with Crippen molar-refractivity contribution in [2.75, 3.05) is 20.3 Å². The molecule has 1 aliphatic rings. The van der Waals surface area contributed by atoms with Crippen LogP contribution in [0.15, 0.2) is 36.4 Å². The Labute approximate surface area is 127 Å². The van der Waals surface area contributed by atoms with Crippen molar-refractivity contribution in [1.29, 1.82) is 0 Å². The molecule has 0 N–H and O–H groups in total. The molecule has 21 heavy (non-hydrogen) atoms. The zero-order valence-corrected chi connectivity index (χ0v) is 12.2. The average molecular weight is 309 g/mol. The largest absolute Gasteiger partial charge is 0.496 e. The molecule has 1 atom stereocenters. The van der Waals surface area contributed by atoms with Crippen molar-refractivity contribution in [1.82, 2.24) is 0 Å². The van der Waals surface area contributed by atoms with Gasteiger partial charge < -0.3 is 14.2 Å². The Balaban J connectivity index is 2.01. The number of fused-ring (bicyclic) bond motifs is 1. The van der Waals surface area contributed by atoms with Crippen molar-refractivity contribution in [3.63, 3.8) is 0 Å². The molecule has 3 rings (SSSR count). The minimum absolute atomic E-state index is 0.318. The summed E-state index contributed by atoms with van der Waals surface area (Å²) in [5, 5.41) is -0.669. The lowest BCUT2D eigenvalue weighted by atomic mass is 10.0. The number of hydrogen-bond acceptors (Lipinski definition) is 3. The van der Waals surface area contributed by atoms with Gasteiger partial charge in [0.2, 0.25) is 0 Å². The van der Waals surface area contributed by atoms with Crippen molar-refractivity contribution in [3.8, 4) is 17.2 Å². The number of halogens is 2. The summed E-state index contributed by atoms with van der Waals surface area (Å²) in [6.07, 6.45) is 0. The molecule has 0 spiro atoms. The van der Waals surface area contributed by atoms with Crippen LogP contribution in [0.4, 0.5) is 4.39 Å². The fraction of sp³-hybridized carbons (Fsp3) is 0.250. The van der Waals surface area contributed by atoms with E-state index in [-0.39, 0.29) is 0 Å². The van der Waals surface area contributed by atoms with E-state index >= 15 is 0 Å². The summed E-state index contributed by atoms with van der Waals surface area (Å²) in [5.41, 5.74) is 1.04. The molecule has 0 aliphatic carbocycles. The lowest BCUT2D eigenvalue weighted by molar-refractivity contribution is 0.171. The first-order valence-electron chi connectivity index (χ1n) is 6.56. The SMILES string of the molecule is COc1cccc(F)c1C(Cl)c1ccc2c(c1)OCCO2. The normalized spacial score (nSPS) is 14.6. The molecular formula is C16H14ClFO3. The summed E-state index contributed by atoms with van der Waals surface area (Å²) < 4.78 is 30.3. The lowest BCUT2D eigenvalue weighted by Crippen LogP contribution is -2.15. The number of alkyl halides is 1. The van der Waals surface area contributed by atoms with Gasteiger partial charge in [-0.2, -0.15) is 0 Å². The molecule has 3 nitrogen and oxygen atoms in total. The third kappa shape index (κ3) is 2.63. The van der Waals surface area contributed by atoms with Crippen LogP contribution in [0.5, 0.6) is 17.2 Å². The molecule has 1 unspecified atom stereocenters. The fourth-order valence-corrected chi connectivity index (χ4v) is 2.67. The van der Waals surface area contributed by atoms with Crippen LogP contribution in [-0.4, -0.2) is 20.3 Å². The van der Waals surface area contributed by atoms with Gasteiger partial charge in [0.05, 0.1) is 18.1 Å². The van der Waals surface area contributed by atoms with Gasteiger partial charge in [-0.25, -0.2) is 4.39 Å². The lowest BCUT2D eigenvalue weighted by Gasteiger charge is -2.21. The Hall–Kier alpha value is -1.94. The predicted molar refractivity (Wildman–Crippen MR) is 78.1 cm³/mol. The van der Waals surface area contributed by atoms with Crippen molar-refractivity contribution < 1.29 is 18.6 Å². The molecule has 110 valence electrons. The molecule has 0 amide bonds. The van der Waals surface area contributed by atoms with Crippen molar-refractivity contribution >= 4 is 11.6 Å². The zero-order valence-electron chi connectivity index (χ0n) is 11.4. The number of hydrogen-bond donors (Lipinski definition) is 0. The minimum atomic E-state index is -0.669. The van der Waals surface area contributed by atoms with Crippen LogP contribution in [0.1, 0.15) is 16.5 Å². The molecule has 0 bridgehead atoms. The second kappa shape index (κ2) is 5.82. The van der Waals surface area contributed by atoms with E-state index in [1.54, 1.807) is 30.3 Å². The molecule has 0 saturated heterocycles. The topological polar surface area (TPSA) is 27.7 Å². The highest BCUT2D eigenvalue weighted by Crippen LogP contribution is 2.40. The molecule has 2 aromatic carbocycles. The summed E-state index contributed by atoms with van der Waals surface area (Å²) in [4.78, 5) is 0. The van der Waals surface area contributed by atoms with Gasteiger partial charge in [-0.15, -0.1) is 11.6 Å². The highest BCUT2D eigenvalue weighted by Gasteiger charge is 2.22. The molecule has 0 saturated carbocycles. The van der Waals surface area contributed by atoms with Gasteiger partial charge in [0.25, 0.3) is 0 Å². The highest BCUT2D eigenvalue weighted by molar-refractivity contribution is 6.22. The second-order valence-corrected chi connectivity index (χ2v) is 5.06. The van der Waals surface area contributed by atoms with Crippen LogP contribution in [0.25, 0.3) is 0 Å². The molecule has 5 heteroatoms. The van der Waals surface area contributed by atoms with E-state index in [0.717, 1.165) is 5.56 Å². The van der Waals surface area contributed by atoms with Gasteiger partial charge in [0.1, 0.15) is 24.8 Å². The minimum Gasteiger partial charge on any atom is -0.496 e. The Morgan fingerprint density at radius 2 is 1.90 bits per heavy atom. The Morgan fingerprint density at radius 1 is 1.14 bits per heavy atom. The highest BCUT2D eigenvalue weighted by atomic mass is 35.5. The first-order chi connectivity index (χ1) is 10.2. The maximum absolute atomic E-state index is 14.1. The summed E-state index contributed by atoms with van der Waals surface area (Å²) in [6, 6.07) is 10.0. The van der Waals surface area contributed by atoms with Gasteiger partial charge in [-0.1, -0.05) is 12.1 Å². The maximum atomic E-state index is 14.1. The quantitative estimate of drug-likeness (QED) is 0.804. The third-order valence-corrected chi connectivity index (χ3v) is 3.82. The van der Waals surface area contributed by atoms with Crippen molar-refractivity contribution in [2.24, 2.45) is 0 Å². The molecule has 1 aliphatic heterocycles. The molecular weight excluding hydrogens is 295 g/mol. The Bertz CT molecular complexity index is 660. The van der Waals surface area contributed by atoms with Crippen LogP contribution in [0.3, 0.4) is 0 Å². The van der Waals surface area contributed by atoms with Crippen LogP contribution in [0.2, 0.25) is 0 Å². The van der Waals surface area contributed by atoms with E-state index in [0.29, 0.717) is 36.0 Å². The number of benzene rings is 2. The van der Waals surface area contributed by atoms with E-state index in [1.165, 1.54) is 13.2 Å². The standard InChI is InChI=1S/C16H14ClFO3/c1-19-13-4-2-3-11(18)15(13)16(17)10-5-6-12-14(9-10)21-8-7-20-12/h2-6,9,16H,7-8H2,1H3. The Morgan fingerprint density at radius 3 is 2.67 bits per heavy atom. The first kappa shape index (κ1) is 14.0. The zero-order chi connectivity index (χ0) is 14.8. The van der Waals surface area contributed by atoms with Gasteiger partial charge in [-0.3, -0.25) is 0 Å². The maximum Gasteiger partial charge on any atom is 0.161 e. The number of methoxy groups -OCH3 is 1. The van der Waals surface area contributed by atoms with Crippen molar-refractivity contribution in [2.45, 2.75) is 5.38 Å². The molecule has 0 fully saturated rings. The summed E-state index contributed by atoms with van der Waals surface area (Å²) in [6.45, 7) is 1.02. The van der Waals surface area contributed by atoms with Crippen LogP contribution < -0.4 is 14.2 Å². The van der Waals surface area contributed by atoms with Gasteiger partial charge in [-0.05, 0) is 29.8 Å². The smallest absolute Gasteiger partial charge is 0.161 e. The summed E-state index contributed by atoms with van der Waals surface area (Å²) in [7, 11) is 1.49. The van der Waals surface area contributed by atoms with Gasteiger partial charge in [0.15, 0.2) is 11.5 Å². The Kier molecular flexibility index (Phi) is 3.88. The van der Waals surface area contributed by atoms with Gasteiger partial charge in [0, 0.05) is 0 Å². The van der Waals surface area contributed by atoms with Gasteiger partial charge >= 0.3 is 0 Å². The average Bonchev–Trinajstić information content (AvgIpc) is 2.53. The van der Waals surface area contributed by atoms with Crippen LogP contribution >= 0.6 is 11.6 Å². The van der Waals surface area contributed by atoms with E-state index in [9.17, 15) is 4.39 Å². The molecule has 2 aromatic rings. The monoisotopic (exact) mass is 308 g/mol. The van der Waals surface area contributed by atoms with Crippen LogP contribution in [0, 0.1) is 5.82 Å². The third-order valence-electron chi connectivity index (χ3n) is 3.35. The van der Waals surface area contributed by atoms with E-state index in [2.05, 4.69) is 0 Å². The summed E-state index contributed by atoms with van der Waals surface area (Å²) >= 11 is 6.45. The molecule has 0 radical (unpaired) electrons. The number of rotatable bonds is 3. The molecule has 1 heterocycles. The predicted octanol–water partition coefficient (Wildman–Crippen LogP) is 3.93. The number of ether oxygens (including phenoxy) is 3. The van der Waals surface area contributed by atoms with E-state index in [4.69, 9.17) is 25.8 Å². The fourth-order valence-electron chi connectivity index (χ4n) is 2.33. The summed E-state index contributed by atoms with van der Waals surface area (Å²) in [5.74, 6) is 1.32. The second-order valence-electron chi connectivity index (χ2n) is 4.62. The molecule has 0 aromatic heterocycles. The van der Waals surface area contributed by atoms with E-state index in [1.807, 2.05) is 0 Å². The van der Waals surface area contributed by atoms with E-state index < -0.39 is 11.2 Å². The van der Waals surface area contributed by atoms with Crippen LogP contribution in [-0.2, 0) is 0 Å². The first-order valence-corrected chi connectivity index (χ1v) is 7.00.